The fraction of sp³-hybridized carbons (Fsp3) is 0.300. The molecule has 3 N–H and O–H groups in total. The van der Waals surface area contributed by atoms with Crippen molar-refractivity contribution in [3.05, 3.63) is 53.6 Å². The molecule has 0 saturated heterocycles. The largest absolute Gasteiger partial charge is 0.493 e. The zero-order valence-electron chi connectivity index (χ0n) is 16.6. The monoisotopic (exact) mass is 433 g/mol. The van der Waals surface area contributed by atoms with Gasteiger partial charge in [0, 0.05) is 17.2 Å². The number of sulfonamides is 1. The van der Waals surface area contributed by atoms with Crippen LogP contribution in [0.15, 0.2) is 47.4 Å². The molecule has 1 saturated carbocycles. The number of hydrogen-bond acceptors (Lipinski definition) is 6. The van der Waals surface area contributed by atoms with E-state index in [1.54, 1.807) is 12.1 Å². The van der Waals surface area contributed by atoms with Gasteiger partial charge in [-0.25, -0.2) is 13.1 Å². The third-order valence-corrected chi connectivity index (χ3v) is 5.88. The zero-order valence-corrected chi connectivity index (χ0v) is 17.4. The number of ether oxygens (including phenoxy) is 2. The maximum atomic E-state index is 12.3. The number of nitrogens with one attached hydrogen (secondary N) is 3. The Balaban J connectivity index is 1.60. The lowest BCUT2D eigenvalue weighted by Gasteiger charge is -2.12. The summed E-state index contributed by atoms with van der Waals surface area (Å²) in [6.07, 6.45) is 1.67. The molecule has 2 amide bonds. The van der Waals surface area contributed by atoms with Crippen molar-refractivity contribution in [3.8, 4) is 11.5 Å². The Labute approximate surface area is 174 Å². The van der Waals surface area contributed by atoms with Crippen LogP contribution in [-0.2, 0) is 10.0 Å². The fourth-order valence-electron chi connectivity index (χ4n) is 2.62. The highest BCUT2D eigenvalue weighted by atomic mass is 32.2. The zero-order chi connectivity index (χ0) is 21.7. The highest BCUT2D eigenvalue weighted by Crippen LogP contribution is 2.28. The Kier molecular flexibility index (Phi) is 6.58. The minimum atomic E-state index is -3.59. The summed E-state index contributed by atoms with van der Waals surface area (Å²) in [6, 6.07) is 10.1. The van der Waals surface area contributed by atoms with Crippen LogP contribution in [-0.4, -0.2) is 40.0 Å². The first-order chi connectivity index (χ1) is 14.3. The van der Waals surface area contributed by atoms with E-state index >= 15 is 0 Å². The number of carbonyl (C=O) groups excluding carboxylic acids is 2. The van der Waals surface area contributed by atoms with Gasteiger partial charge in [-0.05, 0) is 62.2 Å². The van der Waals surface area contributed by atoms with Crippen molar-refractivity contribution in [2.45, 2.75) is 30.7 Å². The van der Waals surface area contributed by atoms with Gasteiger partial charge in [0.2, 0.25) is 10.0 Å². The molecule has 0 heterocycles. The van der Waals surface area contributed by atoms with Crippen molar-refractivity contribution < 1.29 is 27.5 Å². The second-order valence-corrected chi connectivity index (χ2v) is 8.34. The minimum absolute atomic E-state index is 0.00517. The summed E-state index contributed by atoms with van der Waals surface area (Å²) in [5.41, 5.74) is 5.08. The highest BCUT2D eigenvalue weighted by molar-refractivity contribution is 7.89. The second kappa shape index (κ2) is 9.14. The van der Waals surface area contributed by atoms with Crippen molar-refractivity contribution in [1.29, 1.82) is 0 Å². The molecular weight excluding hydrogens is 410 g/mol. The lowest BCUT2D eigenvalue weighted by atomic mass is 10.2. The number of amides is 2. The van der Waals surface area contributed by atoms with E-state index in [0.717, 1.165) is 12.8 Å². The maximum Gasteiger partial charge on any atom is 0.269 e. The van der Waals surface area contributed by atoms with E-state index in [4.69, 9.17) is 9.47 Å². The average molecular weight is 433 g/mol. The van der Waals surface area contributed by atoms with E-state index in [0.29, 0.717) is 18.1 Å². The van der Waals surface area contributed by atoms with E-state index in [9.17, 15) is 18.0 Å². The van der Waals surface area contributed by atoms with E-state index in [1.165, 1.54) is 37.4 Å². The van der Waals surface area contributed by atoms with Crippen molar-refractivity contribution in [3.63, 3.8) is 0 Å². The van der Waals surface area contributed by atoms with Crippen molar-refractivity contribution in [2.24, 2.45) is 0 Å². The quantitative estimate of drug-likeness (QED) is 0.544. The van der Waals surface area contributed by atoms with Crippen molar-refractivity contribution in [2.75, 3.05) is 13.7 Å². The smallest absolute Gasteiger partial charge is 0.269 e. The predicted molar refractivity (Wildman–Crippen MR) is 109 cm³/mol. The van der Waals surface area contributed by atoms with Crippen LogP contribution in [0.2, 0.25) is 0 Å². The van der Waals surface area contributed by atoms with Gasteiger partial charge in [0.1, 0.15) is 0 Å². The molecule has 0 bridgehead atoms. The van der Waals surface area contributed by atoms with Crippen LogP contribution in [0.5, 0.6) is 11.5 Å². The normalized spacial score (nSPS) is 13.4. The summed E-state index contributed by atoms with van der Waals surface area (Å²) in [4.78, 5) is 24.6. The van der Waals surface area contributed by atoms with Crippen LogP contribution in [0.3, 0.4) is 0 Å². The first-order valence-electron chi connectivity index (χ1n) is 9.38. The summed E-state index contributed by atoms with van der Waals surface area (Å²) < 4.78 is 37.5. The molecule has 0 spiro atoms. The summed E-state index contributed by atoms with van der Waals surface area (Å²) in [5, 5.41) is 0. The van der Waals surface area contributed by atoms with Crippen LogP contribution >= 0.6 is 0 Å². The Morgan fingerprint density at radius 2 is 1.57 bits per heavy atom. The summed E-state index contributed by atoms with van der Waals surface area (Å²) in [6.45, 7) is 2.29. The number of hydrazine groups is 1. The summed E-state index contributed by atoms with van der Waals surface area (Å²) >= 11 is 0. The number of benzene rings is 2. The first kappa shape index (κ1) is 21.6. The van der Waals surface area contributed by atoms with Gasteiger partial charge in [-0.15, -0.1) is 0 Å². The topological polar surface area (TPSA) is 123 Å². The van der Waals surface area contributed by atoms with Crippen LogP contribution in [0.1, 0.15) is 40.5 Å². The van der Waals surface area contributed by atoms with Crippen LogP contribution < -0.4 is 25.0 Å². The molecule has 0 unspecified atom stereocenters. The molecule has 2 aromatic rings. The second-order valence-electron chi connectivity index (χ2n) is 6.63. The molecule has 9 nitrogen and oxygen atoms in total. The van der Waals surface area contributed by atoms with Gasteiger partial charge >= 0.3 is 0 Å². The van der Waals surface area contributed by atoms with Crippen molar-refractivity contribution in [1.82, 2.24) is 15.6 Å². The third-order valence-electron chi connectivity index (χ3n) is 4.34. The van der Waals surface area contributed by atoms with Gasteiger partial charge in [0.05, 0.1) is 18.6 Å². The van der Waals surface area contributed by atoms with Gasteiger partial charge in [0.15, 0.2) is 11.5 Å². The molecule has 0 atom stereocenters. The SMILES string of the molecule is CCOc1ccc(C(=O)NNC(=O)c2ccc(S(=O)(=O)NC3CC3)cc2)cc1OC. The number of carbonyl (C=O) groups is 2. The number of methoxy groups -OCH3 is 1. The lowest BCUT2D eigenvalue weighted by Crippen LogP contribution is -2.41. The Hall–Kier alpha value is -3.11. The molecule has 0 aliphatic heterocycles. The molecule has 160 valence electrons. The van der Waals surface area contributed by atoms with E-state index in [2.05, 4.69) is 15.6 Å². The predicted octanol–water partition coefficient (Wildman–Crippen LogP) is 1.61. The molecule has 1 aliphatic carbocycles. The molecule has 30 heavy (non-hydrogen) atoms. The van der Waals surface area contributed by atoms with Gasteiger partial charge in [-0.2, -0.15) is 0 Å². The van der Waals surface area contributed by atoms with Crippen LogP contribution in [0, 0.1) is 0 Å². The van der Waals surface area contributed by atoms with Crippen LogP contribution in [0.25, 0.3) is 0 Å². The molecule has 3 rings (SSSR count). The van der Waals surface area contributed by atoms with Gasteiger partial charge in [-0.3, -0.25) is 20.4 Å². The summed E-state index contributed by atoms with van der Waals surface area (Å²) in [7, 11) is -2.13. The van der Waals surface area contributed by atoms with Gasteiger partial charge in [0.25, 0.3) is 11.8 Å². The molecule has 1 aliphatic rings. The third kappa shape index (κ3) is 5.28. The molecule has 0 aromatic heterocycles. The van der Waals surface area contributed by atoms with E-state index < -0.39 is 21.8 Å². The van der Waals surface area contributed by atoms with E-state index in [-0.39, 0.29) is 22.1 Å². The molecule has 2 aromatic carbocycles. The molecule has 1 fully saturated rings. The summed E-state index contributed by atoms with van der Waals surface area (Å²) in [5.74, 6) is -0.225. The van der Waals surface area contributed by atoms with Crippen molar-refractivity contribution >= 4 is 21.8 Å². The fourth-order valence-corrected chi connectivity index (χ4v) is 3.92. The molecular formula is C20H23N3O6S. The minimum Gasteiger partial charge on any atom is -0.493 e. The Morgan fingerprint density at radius 1 is 0.967 bits per heavy atom. The average Bonchev–Trinajstić information content (AvgIpc) is 3.55. The van der Waals surface area contributed by atoms with Gasteiger partial charge < -0.3 is 9.47 Å². The van der Waals surface area contributed by atoms with E-state index in [1.807, 2.05) is 6.92 Å². The highest BCUT2D eigenvalue weighted by Gasteiger charge is 2.28. The Morgan fingerprint density at radius 3 is 2.13 bits per heavy atom. The van der Waals surface area contributed by atoms with Gasteiger partial charge in [-0.1, -0.05) is 0 Å². The number of hydrogen-bond donors (Lipinski definition) is 3. The Bertz CT molecular complexity index is 1030. The first-order valence-corrected chi connectivity index (χ1v) is 10.9. The standard InChI is InChI=1S/C20H23N3O6S/c1-3-29-17-11-6-14(12-18(17)28-2)20(25)22-21-19(24)13-4-9-16(10-5-13)30(26,27)23-15-7-8-15/h4-6,9-12,15,23H,3,7-8H2,1-2H3,(H,21,24)(H,22,25). The van der Waals surface area contributed by atoms with Crippen LogP contribution in [0.4, 0.5) is 0 Å². The molecule has 10 heteroatoms. The number of rotatable bonds is 8. The maximum absolute atomic E-state index is 12.3. The molecule has 0 radical (unpaired) electrons. The lowest BCUT2D eigenvalue weighted by molar-refractivity contribution is 0.0846.